The van der Waals surface area contributed by atoms with E-state index in [-0.39, 0.29) is 17.0 Å². The molecule has 0 aromatic carbocycles. The molecular weight excluding hydrogens is 448 g/mol. The first-order valence-electron chi connectivity index (χ1n) is 7.15. The van der Waals surface area contributed by atoms with Crippen molar-refractivity contribution in [2.24, 2.45) is 0 Å². The normalized spacial score (nSPS) is 32.7. The molecule has 0 saturated carbocycles. The molecular formula is C10H14ClN5O10P2. The number of hydrogen-bond acceptors (Lipinski definition) is 10. The van der Waals surface area contributed by atoms with Gasteiger partial charge in [0.15, 0.2) is 23.4 Å². The van der Waals surface area contributed by atoms with Gasteiger partial charge < -0.3 is 45.4 Å². The number of nitrogens with zero attached hydrogens (tertiary/aromatic N) is 4. The minimum absolute atomic E-state index is 0.0583. The summed E-state index contributed by atoms with van der Waals surface area (Å²) in [6, 6.07) is 0. The Kier molecular flexibility index (Phi) is 4.90. The molecule has 2 aromatic rings. The van der Waals surface area contributed by atoms with Crippen molar-refractivity contribution in [1.29, 1.82) is 0 Å². The van der Waals surface area contributed by atoms with Crippen LogP contribution in [0.15, 0.2) is 12.7 Å². The largest absolute Gasteiger partial charge is 0.383 e. The summed E-state index contributed by atoms with van der Waals surface area (Å²) in [5, 5.41) is 24.4. The molecule has 156 valence electrons. The molecule has 3 rings (SSSR count). The van der Waals surface area contributed by atoms with Crippen LogP contribution in [-0.2, 0) is 19.1 Å². The maximum absolute atomic E-state index is 11.9. The summed E-state index contributed by atoms with van der Waals surface area (Å²) in [5.74, 6) is -3.08. The molecule has 1 unspecified atom stereocenters. The number of anilines is 1. The molecule has 1 saturated heterocycles. The highest BCUT2D eigenvalue weighted by Crippen LogP contribution is 2.64. The Balaban J connectivity index is 2.24. The van der Waals surface area contributed by atoms with Crippen molar-refractivity contribution in [2.45, 2.75) is 28.6 Å². The van der Waals surface area contributed by atoms with E-state index in [1.807, 2.05) is 0 Å². The number of halogens is 1. The zero-order valence-electron chi connectivity index (χ0n) is 13.4. The van der Waals surface area contributed by atoms with Gasteiger partial charge in [-0.05, 0) is 0 Å². The smallest absolute Gasteiger partial charge is 0.362 e. The molecule has 15 nitrogen and oxygen atoms in total. The van der Waals surface area contributed by atoms with Gasteiger partial charge in [0.25, 0.3) is 5.18 Å². The molecule has 0 amide bonds. The van der Waals surface area contributed by atoms with Crippen molar-refractivity contribution in [3.63, 3.8) is 0 Å². The fraction of sp³-hybridized carbons (Fsp3) is 0.500. The van der Waals surface area contributed by atoms with Gasteiger partial charge in [0.1, 0.15) is 24.3 Å². The average molecular weight is 462 g/mol. The third-order valence-corrected chi connectivity index (χ3v) is 7.09. The average Bonchev–Trinajstić information content (AvgIpc) is 3.09. The number of fused-ring (bicyclic) bond motifs is 1. The first kappa shape index (κ1) is 21.5. The van der Waals surface area contributed by atoms with Gasteiger partial charge in [0.05, 0.1) is 0 Å². The molecule has 0 radical (unpaired) electrons. The minimum Gasteiger partial charge on any atom is -0.383 e. The van der Waals surface area contributed by atoms with E-state index in [0.29, 0.717) is 4.57 Å². The molecule has 28 heavy (non-hydrogen) atoms. The second-order valence-electron chi connectivity index (χ2n) is 5.93. The molecule has 1 aliphatic heterocycles. The van der Waals surface area contributed by atoms with Crippen LogP contribution in [0.3, 0.4) is 0 Å². The number of rotatable bonds is 4. The van der Waals surface area contributed by atoms with E-state index in [1.54, 1.807) is 0 Å². The van der Waals surface area contributed by atoms with Crippen molar-refractivity contribution in [3.05, 3.63) is 12.7 Å². The first-order valence-corrected chi connectivity index (χ1v) is 10.8. The molecule has 0 spiro atoms. The van der Waals surface area contributed by atoms with E-state index in [1.165, 1.54) is 0 Å². The van der Waals surface area contributed by atoms with Crippen molar-refractivity contribution in [1.82, 2.24) is 19.5 Å². The number of nitrogen functional groups attached to an aromatic ring is 1. The van der Waals surface area contributed by atoms with Crippen LogP contribution in [0.1, 0.15) is 0 Å². The summed E-state index contributed by atoms with van der Waals surface area (Å²) < 4.78 is 29.1. The molecule has 3 heterocycles. The molecule has 5 atom stereocenters. The number of aliphatic hydroxyl groups excluding tert-OH is 2. The summed E-state index contributed by atoms with van der Waals surface area (Å²) in [6.07, 6.45) is -3.59. The molecule has 1 aliphatic rings. The summed E-state index contributed by atoms with van der Waals surface area (Å²) in [4.78, 5) is 48.7. The van der Waals surface area contributed by atoms with Crippen LogP contribution in [0.4, 0.5) is 5.82 Å². The highest BCUT2D eigenvalue weighted by Gasteiger charge is 2.74. The molecule has 9 N–H and O–H groups in total. The van der Waals surface area contributed by atoms with E-state index in [9.17, 15) is 44.0 Å². The van der Waals surface area contributed by atoms with Crippen molar-refractivity contribution in [3.8, 4) is 0 Å². The summed E-state index contributed by atoms with van der Waals surface area (Å²) >= 11 is 6.18. The lowest BCUT2D eigenvalue weighted by atomic mass is 10.1. The SMILES string of the molecule is Nc1ncnc2c1ncn2[C@]1(Cl)O[C@H](C(O)P(=O)(O)O)[C@](O)(P(=O)(O)O)[C@H]1O. The molecule has 1 fully saturated rings. The maximum atomic E-state index is 11.9. The highest BCUT2D eigenvalue weighted by molar-refractivity contribution is 7.54. The van der Waals surface area contributed by atoms with Gasteiger partial charge in [-0.3, -0.25) is 13.7 Å². The van der Waals surface area contributed by atoms with E-state index in [0.717, 1.165) is 12.7 Å². The van der Waals surface area contributed by atoms with Crippen molar-refractivity contribution < 1.29 is 48.8 Å². The molecule has 2 aromatic heterocycles. The Labute approximate surface area is 159 Å². The fourth-order valence-corrected chi connectivity index (χ4v) is 5.03. The van der Waals surface area contributed by atoms with Gasteiger partial charge in [-0.25, -0.2) is 15.0 Å². The number of aliphatic hydroxyl groups is 3. The Morgan fingerprint density at radius 2 is 1.86 bits per heavy atom. The lowest BCUT2D eigenvalue weighted by Gasteiger charge is -2.33. The van der Waals surface area contributed by atoms with E-state index < -0.39 is 43.8 Å². The first-order chi connectivity index (χ1) is 12.7. The lowest BCUT2D eigenvalue weighted by molar-refractivity contribution is -0.0969. The lowest BCUT2D eigenvalue weighted by Crippen LogP contribution is -2.53. The topological polar surface area (TPSA) is 255 Å². The number of nitrogens with two attached hydrogens (primary N) is 1. The predicted molar refractivity (Wildman–Crippen MR) is 89.5 cm³/mol. The summed E-state index contributed by atoms with van der Waals surface area (Å²) in [6.45, 7) is 0. The monoisotopic (exact) mass is 461 g/mol. The Morgan fingerprint density at radius 1 is 1.25 bits per heavy atom. The van der Waals surface area contributed by atoms with Crippen LogP contribution in [0.25, 0.3) is 11.2 Å². The second-order valence-corrected chi connectivity index (χ2v) is 9.98. The summed E-state index contributed by atoms with van der Waals surface area (Å²) in [7, 11) is -11.3. The quantitative estimate of drug-likeness (QED) is 0.171. The Bertz CT molecular complexity index is 1030. The van der Waals surface area contributed by atoms with Crippen LogP contribution in [0, 0.1) is 0 Å². The third kappa shape index (κ3) is 2.88. The van der Waals surface area contributed by atoms with Gasteiger partial charge >= 0.3 is 15.2 Å². The maximum Gasteiger partial charge on any atom is 0.362 e. The van der Waals surface area contributed by atoms with E-state index in [4.69, 9.17) is 22.1 Å². The number of alkyl halides is 1. The van der Waals surface area contributed by atoms with Crippen molar-refractivity contribution >= 4 is 43.8 Å². The van der Waals surface area contributed by atoms with Crippen LogP contribution in [-0.4, -0.2) is 77.8 Å². The molecule has 0 aliphatic carbocycles. The zero-order valence-corrected chi connectivity index (χ0v) is 15.9. The van der Waals surface area contributed by atoms with Gasteiger partial charge in [-0.2, -0.15) is 0 Å². The fourth-order valence-electron chi connectivity index (χ4n) is 2.79. The Morgan fingerprint density at radius 3 is 2.39 bits per heavy atom. The van der Waals surface area contributed by atoms with Crippen LogP contribution < -0.4 is 5.73 Å². The summed E-state index contributed by atoms with van der Waals surface area (Å²) in [5.41, 5.74) is 5.35. The highest BCUT2D eigenvalue weighted by atomic mass is 35.5. The van der Waals surface area contributed by atoms with Crippen LogP contribution >= 0.6 is 26.8 Å². The number of hydrogen-bond donors (Lipinski definition) is 8. The van der Waals surface area contributed by atoms with Gasteiger partial charge in [0, 0.05) is 0 Å². The van der Waals surface area contributed by atoms with Gasteiger partial charge in [-0.1, -0.05) is 11.6 Å². The standard InChI is InChI=1S/C10H14ClN5O10P2/c11-10(16-2-15-3-5(12)13-1-14-6(3)16)8(18)9(19,28(23,24)25)4(26-10)7(17)27(20,21)22/h1-2,4,7-8,17-19H,(H2,12,13,14)(H2,20,21,22)(H2,23,24,25)/t4-,7?,8-,9+,10+/m1/s1. The number of ether oxygens (including phenoxy) is 1. The van der Waals surface area contributed by atoms with Crippen molar-refractivity contribution in [2.75, 3.05) is 5.73 Å². The number of aromatic nitrogens is 4. The minimum atomic E-state index is -5.81. The van der Waals surface area contributed by atoms with Gasteiger partial charge in [-0.15, -0.1) is 0 Å². The van der Waals surface area contributed by atoms with Crippen LogP contribution in [0.5, 0.6) is 0 Å². The van der Waals surface area contributed by atoms with Gasteiger partial charge in [0.2, 0.25) is 5.34 Å². The predicted octanol–water partition coefficient (Wildman–Crippen LogP) is -2.62. The third-order valence-electron chi connectivity index (χ3n) is 4.22. The number of imidazole rings is 1. The zero-order chi connectivity index (χ0) is 21.3. The van der Waals surface area contributed by atoms with E-state index in [2.05, 4.69) is 15.0 Å². The Hall–Kier alpha value is -1.22. The molecule has 0 bridgehead atoms. The van der Waals surface area contributed by atoms with E-state index >= 15 is 0 Å². The van der Waals surface area contributed by atoms with Crippen LogP contribution in [0.2, 0.25) is 0 Å². The second kappa shape index (κ2) is 6.39. The molecule has 18 heteroatoms.